The number of H-pyrrole nitrogens is 1. The first-order valence-electron chi connectivity index (χ1n) is 4.40. The number of nitrogens with one attached hydrogen (secondary N) is 1. The Morgan fingerprint density at radius 2 is 2.25 bits per heavy atom. The third-order valence-electron chi connectivity index (χ3n) is 2.69. The highest BCUT2D eigenvalue weighted by molar-refractivity contribution is 5.43. The molecule has 3 nitrogen and oxygen atoms in total. The van der Waals surface area contributed by atoms with E-state index in [4.69, 9.17) is 5.73 Å². The van der Waals surface area contributed by atoms with Gasteiger partial charge in [-0.05, 0) is 24.7 Å². The van der Waals surface area contributed by atoms with E-state index in [0.29, 0.717) is 11.2 Å². The summed E-state index contributed by atoms with van der Waals surface area (Å²) in [6.45, 7) is 4.56. The average molecular weight is 165 g/mol. The van der Waals surface area contributed by atoms with Gasteiger partial charge in [0.25, 0.3) is 0 Å². The zero-order valence-electron chi connectivity index (χ0n) is 7.65. The molecular weight excluding hydrogens is 150 g/mol. The van der Waals surface area contributed by atoms with Gasteiger partial charge in [0, 0.05) is 11.3 Å². The summed E-state index contributed by atoms with van der Waals surface area (Å²) in [5.41, 5.74) is 8.62. The second kappa shape index (κ2) is 2.25. The monoisotopic (exact) mass is 165 g/mol. The number of anilines is 1. The standard InChI is InChI=1S/C9H15N3/c1-9(2)4-3-7-6(5-9)8(10)12-11-7/h3-5H2,1-2H3,(H3,10,11,12). The summed E-state index contributed by atoms with van der Waals surface area (Å²) in [6.07, 6.45) is 3.37. The van der Waals surface area contributed by atoms with Crippen LogP contribution in [0.15, 0.2) is 0 Å². The smallest absolute Gasteiger partial charge is 0.148 e. The Bertz CT molecular complexity index is 299. The third kappa shape index (κ3) is 1.09. The van der Waals surface area contributed by atoms with E-state index in [0.717, 1.165) is 12.8 Å². The van der Waals surface area contributed by atoms with E-state index in [1.54, 1.807) is 0 Å². The fourth-order valence-corrected chi connectivity index (χ4v) is 1.85. The molecule has 0 unspecified atom stereocenters. The predicted molar refractivity (Wildman–Crippen MR) is 48.8 cm³/mol. The van der Waals surface area contributed by atoms with Crippen molar-refractivity contribution in [3.05, 3.63) is 11.3 Å². The maximum atomic E-state index is 5.74. The molecule has 0 aromatic carbocycles. The van der Waals surface area contributed by atoms with Crippen LogP contribution in [-0.2, 0) is 12.8 Å². The Kier molecular flexibility index (Phi) is 1.43. The van der Waals surface area contributed by atoms with Gasteiger partial charge in [0.2, 0.25) is 0 Å². The number of aryl methyl sites for hydroxylation is 1. The van der Waals surface area contributed by atoms with Crippen LogP contribution < -0.4 is 5.73 Å². The van der Waals surface area contributed by atoms with Crippen molar-refractivity contribution in [1.82, 2.24) is 10.2 Å². The molecule has 1 heterocycles. The van der Waals surface area contributed by atoms with Crippen molar-refractivity contribution in [3.8, 4) is 0 Å². The van der Waals surface area contributed by atoms with E-state index < -0.39 is 0 Å². The molecule has 0 amide bonds. The molecule has 1 aromatic heterocycles. The lowest BCUT2D eigenvalue weighted by Crippen LogP contribution is -2.22. The highest BCUT2D eigenvalue weighted by Crippen LogP contribution is 2.35. The average Bonchev–Trinajstić information content (AvgIpc) is 2.31. The number of aromatic nitrogens is 2. The van der Waals surface area contributed by atoms with Crippen molar-refractivity contribution in [2.75, 3.05) is 5.73 Å². The quantitative estimate of drug-likeness (QED) is 0.612. The van der Waals surface area contributed by atoms with E-state index in [1.165, 1.54) is 17.7 Å². The van der Waals surface area contributed by atoms with Gasteiger partial charge in [-0.15, -0.1) is 0 Å². The number of nitrogens with two attached hydrogens (primary N) is 1. The first kappa shape index (κ1) is 7.65. The van der Waals surface area contributed by atoms with Gasteiger partial charge in [0.05, 0.1) is 0 Å². The Balaban J connectivity index is 2.38. The predicted octanol–water partition coefficient (Wildman–Crippen LogP) is 1.51. The van der Waals surface area contributed by atoms with Crippen LogP contribution in [0.5, 0.6) is 0 Å². The van der Waals surface area contributed by atoms with Crippen LogP contribution in [0, 0.1) is 5.41 Å². The first-order valence-corrected chi connectivity index (χ1v) is 4.40. The molecular formula is C9H15N3. The van der Waals surface area contributed by atoms with Crippen LogP contribution in [0.1, 0.15) is 31.5 Å². The lowest BCUT2D eigenvalue weighted by atomic mass is 9.76. The molecule has 0 spiro atoms. The molecule has 0 radical (unpaired) electrons. The fourth-order valence-electron chi connectivity index (χ4n) is 1.85. The molecule has 0 atom stereocenters. The van der Waals surface area contributed by atoms with Gasteiger partial charge in [-0.2, -0.15) is 5.10 Å². The van der Waals surface area contributed by atoms with E-state index in [2.05, 4.69) is 24.0 Å². The number of nitrogens with zero attached hydrogens (tertiary/aromatic N) is 1. The summed E-state index contributed by atoms with van der Waals surface area (Å²) < 4.78 is 0. The highest BCUT2D eigenvalue weighted by atomic mass is 15.2. The Labute approximate surface area is 72.4 Å². The molecule has 0 saturated carbocycles. The molecule has 0 bridgehead atoms. The SMILES string of the molecule is CC1(C)CCc2[nH]nc(N)c2C1. The van der Waals surface area contributed by atoms with Crippen molar-refractivity contribution < 1.29 is 0 Å². The van der Waals surface area contributed by atoms with E-state index in [-0.39, 0.29) is 0 Å². The number of aromatic amines is 1. The molecule has 66 valence electrons. The van der Waals surface area contributed by atoms with Gasteiger partial charge in [-0.1, -0.05) is 13.8 Å². The molecule has 1 aliphatic rings. The van der Waals surface area contributed by atoms with Crippen LogP contribution in [0.2, 0.25) is 0 Å². The second-order valence-electron chi connectivity index (χ2n) is 4.41. The van der Waals surface area contributed by atoms with Gasteiger partial charge in [-0.3, -0.25) is 5.10 Å². The maximum Gasteiger partial charge on any atom is 0.148 e. The Morgan fingerprint density at radius 1 is 1.50 bits per heavy atom. The lowest BCUT2D eigenvalue weighted by molar-refractivity contribution is 0.314. The molecule has 0 aliphatic heterocycles. The zero-order valence-corrected chi connectivity index (χ0v) is 7.65. The van der Waals surface area contributed by atoms with Crippen LogP contribution in [0.4, 0.5) is 5.82 Å². The summed E-state index contributed by atoms with van der Waals surface area (Å²) in [6, 6.07) is 0. The summed E-state index contributed by atoms with van der Waals surface area (Å²) in [4.78, 5) is 0. The number of rotatable bonds is 0. The van der Waals surface area contributed by atoms with Crippen molar-refractivity contribution in [1.29, 1.82) is 0 Å². The van der Waals surface area contributed by atoms with Gasteiger partial charge in [-0.25, -0.2) is 0 Å². The van der Waals surface area contributed by atoms with Crippen LogP contribution in [0.25, 0.3) is 0 Å². The van der Waals surface area contributed by atoms with Crippen molar-refractivity contribution in [2.24, 2.45) is 5.41 Å². The number of fused-ring (bicyclic) bond motifs is 1. The summed E-state index contributed by atoms with van der Waals surface area (Å²) >= 11 is 0. The third-order valence-corrected chi connectivity index (χ3v) is 2.69. The topological polar surface area (TPSA) is 54.7 Å². The van der Waals surface area contributed by atoms with E-state index in [9.17, 15) is 0 Å². The fraction of sp³-hybridized carbons (Fsp3) is 0.667. The summed E-state index contributed by atoms with van der Waals surface area (Å²) in [5.74, 6) is 0.692. The molecule has 0 saturated heterocycles. The van der Waals surface area contributed by atoms with E-state index >= 15 is 0 Å². The van der Waals surface area contributed by atoms with Gasteiger partial charge >= 0.3 is 0 Å². The van der Waals surface area contributed by atoms with Gasteiger partial charge < -0.3 is 5.73 Å². The normalized spacial score (nSPS) is 20.5. The van der Waals surface area contributed by atoms with Crippen molar-refractivity contribution >= 4 is 5.82 Å². The van der Waals surface area contributed by atoms with Crippen molar-refractivity contribution in [3.63, 3.8) is 0 Å². The molecule has 3 heteroatoms. The molecule has 3 N–H and O–H groups in total. The van der Waals surface area contributed by atoms with Crippen LogP contribution >= 0.6 is 0 Å². The lowest BCUT2D eigenvalue weighted by Gasteiger charge is -2.28. The number of hydrogen-bond acceptors (Lipinski definition) is 2. The van der Waals surface area contributed by atoms with Gasteiger partial charge in [0.15, 0.2) is 0 Å². The first-order chi connectivity index (χ1) is 5.58. The number of hydrogen-bond donors (Lipinski definition) is 2. The van der Waals surface area contributed by atoms with Crippen LogP contribution in [0.3, 0.4) is 0 Å². The number of nitrogen functional groups attached to an aromatic ring is 1. The minimum atomic E-state index is 0.394. The summed E-state index contributed by atoms with van der Waals surface area (Å²) in [7, 11) is 0. The minimum Gasteiger partial charge on any atom is -0.382 e. The van der Waals surface area contributed by atoms with Crippen molar-refractivity contribution in [2.45, 2.75) is 33.1 Å². The molecule has 0 fully saturated rings. The summed E-state index contributed by atoms with van der Waals surface area (Å²) in [5, 5.41) is 7.01. The van der Waals surface area contributed by atoms with Crippen LogP contribution in [-0.4, -0.2) is 10.2 Å². The second-order valence-corrected chi connectivity index (χ2v) is 4.41. The Morgan fingerprint density at radius 3 is 3.00 bits per heavy atom. The molecule has 2 rings (SSSR count). The minimum absolute atomic E-state index is 0.394. The highest BCUT2D eigenvalue weighted by Gasteiger charge is 2.28. The largest absolute Gasteiger partial charge is 0.382 e. The zero-order chi connectivity index (χ0) is 8.77. The molecule has 1 aromatic rings. The Hall–Kier alpha value is -0.990. The van der Waals surface area contributed by atoms with Gasteiger partial charge in [0.1, 0.15) is 5.82 Å². The molecule has 1 aliphatic carbocycles. The van der Waals surface area contributed by atoms with E-state index in [1.807, 2.05) is 0 Å². The maximum absolute atomic E-state index is 5.74. The molecule has 12 heavy (non-hydrogen) atoms.